The fourth-order valence-corrected chi connectivity index (χ4v) is 4.06. The van der Waals surface area contributed by atoms with E-state index in [-0.39, 0.29) is 18.5 Å². The molecule has 4 rings (SSSR count). The standard InChI is InChI=1S/C19H25N3O5/c23-16-6-8-21(7-5-14(16)20-9-11-26-12-10-20)18(24)13-22-15-3-1-2-4-17(15)27-19(22)25/h1-4,14,16,23H,5-13H2/t14-,16-/m0/s1. The first-order chi connectivity index (χ1) is 13.1. The number of benzene rings is 1. The van der Waals surface area contributed by atoms with Crippen molar-refractivity contribution in [2.75, 3.05) is 39.4 Å². The molecule has 0 saturated carbocycles. The molecule has 1 aromatic carbocycles. The van der Waals surface area contributed by atoms with Gasteiger partial charge in [-0.2, -0.15) is 0 Å². The zero-order valence-electron chi connectivity index (χ0n) is 15.2. The van der Waals surface area contributed by atoms with E-state index in [1.54, 1.807) is 23.1 Å². The third-order valence-electron chi connectivity index (χ3n) is 5.57. The van der Waals surface area contributed by atoms with E-state index >= 15 is 0 Å². The molecule has 2 aromatic rings. The van der Waals surface area contributed by atoms with Crippen molar-refractivity contribution < 1.29 is 19.1 Å². The quantitative estimate of drug-likeness (QED) is 0.829. The lowest BCUT2D eigenvalue weighted by Gasteiger charge is -2.36. The number of carbonyl (C=O) groups excluding carboxylic acids is 1. The normalized spacial score (nSPS) is 24.9. The predicted molar refractivity (Wildman–Crippen MR) is 98.5 cm³/mol. The summed E-state index contributed by atoms with van der Waals surface area (Å²) in [6, 6.07) is 7.14. The summed E-state index contributed by atoms with van der Waals surface area (Å²) in [6.45, 7) is 4.00. The number of hydrogen-bond acceptors (Lipinski definition) is 6. The van der Waals surface area contributed by atoms with Gasteiger partial charge in [0.15, 0.2) is 5.58 Å². The van der Waals surface area contributed by atoms with Crippen LogP contribution in [0.15, 0.2) is 33.5 Å². The Morgan fingerprint density at radius 1 is 1.11 bits per heavy atom. The topological polar surface area (TPSA) is 88.2 Å². The van der Waals surface area contributed by atoms with Crippen LogP contribution < -0.4 is 5.76 Å². The smallest absolute Gasteiger partial charge is 0.408 e. The van der Waals surface area contributed by atoms with Crippen LogP contribution in [0.4, 0.5) is 0 Å². The number of aliphatic hydroxyl groups excluding tert-OH is 1. The number of amides is 1. The molecule has 2 aliphatic rings. The maximum atomic E-state index is 12.8. The minimum absolute atomic E-state index is 0.0455. The fraction of sp³-hybridized carbons (Fsp3) is 0.579. The molecule has 0 radical (unpaired) electrons. The van der Waals surface area contributed by atoms with Crippen LogP contribution in [0.5, 0.6) is 0 Å². The minimum atomic E-state index is -0.523. The van der Waals surface area contributed by atoms with E-state index in [4.69, 9.17) is 9.15 Å². The molecule has 146 valence electrons. The van der Waals surface area contributed by atoms with Gasteiger partial charge in [0, 0.05) is 32.2 Å². The van der Waals surface area contributed by atoms with Crippen LogP contribution in [-0.4, -0.2) is 76.9 Å². The molecule has 2 atom stereocenters. The number of rotatable bonds is 3. The third-order valence-corrected chi connectivity index (χ3v) is 5.57. The summed E-state index contributed by atoms with van der Waals surface area (Å²) in [4.78, 5) is 28.9. The molecule has 2 aliphatic heterocycles. The molecule has 1 N–H and O–H groups in total. The average molecular weight is 375 g/mol. The third kappa shape index (κ3) is 3.78. The van der Waals surface area contributed by atoms with Gasteiger partial charge >= 0.3 is 5.76 Å². The first-order valence-corrected chi connectivity index (χ1v) is 9.49. The van der Waals surface area contributed by atoms with Gasteiger partial charge in [0.1, 0.15) is 6.54 Å². The van der Waals surface area contributed by atoms with Crippen molar-refractivity contribution in [2.45, 2.75) is 31.5 Å². The summed E-state index contributed by atoms with van der Waals surface area (Å²) in [5.41, 5.74) is 1.10. The maximum absolute atomic E-state index is 12.8. The van der Waals surface area contributed by atoms with E-state index in [0.717, 1.165) is 13.1 Å². The van der Waals surface area contributed by atoms with Gasteiger partial charge in [0.2, 0.25) is 5.91 Å². The van der Waals surface area contributed by atoms with Crippen molar-refractivity contribution in [3.05, 3.63) is 34.8 Å². The van der Waals surface area contributed by atoms with E-state index in [0.29, 0.717) is 50.2 Å². The lowest BCUT2D eigenvalue weighted by molar-refractivity contribution is -0.131. The van der Waals surface area contributed by atoms with Gasteiger partial charge in [0.05, 0.1) is 24.8 Å². The Morgan fingerprint density at radius 3 is 2.67 bits per heavy atom. The molecular weight excluding hydrogens is 350 g/mol. The summed E-state index contributed by atoms with van der Waals surface area (Å²) < 4.78 is 12.0. The monoisotopic (exact) mass is 375 g/mol. The maximum Gasteiger partial charge on any atom is 0.420 e. The van der Waals surface area contributed by atoms with Crippen LogP contribution in [0.25, 0.3) is 11.1 Å². The Kier molecular flexibility index (Phi) is 5.29. The lowest BCUT2D eigenvalue weighted by Crippen LogP contribution is -2.49. The van der Waals surface area contributed by atoms with Crippen LogP contribution in [0.2, 0.25) is 0 Å². The van der Waals surface area contributed by atoms with Crippen LogP contribution in [0.3, 0.4) is 0 Å². The van der Waals surface area contributed by atoms with Crippen LogP contribution in [0.1, 0.15) is 12.8 Å². The number of para-hydroxylation sites is 2. The van der Waals surface area contributed by atoms with Gasteiger partial charge in [-0.05, 0) is 25.0 Å². The molecule has 0 unspecified atom stereocenters. The summed E-state index contributed by atoms with van der Waals surface area (Å²) in [5, 5.41) is 10.6. The number of likely N-dealkylation sites (tertiary alicyclic amines) is 1. The Hall–Kier alpha value is -2.16. The Labute approximate surface area is 156 Å². The van der Waals surface area contributed by atoms with E-state index in [9.17, 15) is 14.7 Å². The van der Waals surface area contributed by atoms with Gasteiger partial charge in [-0.3, -0.25) is 14.3 Å². The zero-order chi connectivity index (χ0) is 18.8. The van der Waals surface area contributed by atoms with Crippen molar-refractivity contribution in [1.29, 1.82) is 0 Å². The van der Waals surface area contributed by atoms with Crippen LogP contribution >= 0.6 is 0 Å². The first-order valence-electron chi connectivity index (χ1n) is 9.49. The molecule has 3 heterocycles. The summed E-state index contributed by atoms with van der Waals surface area (Å²) >= 11 is 0. The van der Waals surface area contributed by atoms with Gasteiger partial charge in [0.25, 0.3) is 0 Å². The molecule has 8 heteroatoms. The van der Waals surface area contributed by atoms with Gasteiger partial charge < -0.3 is 19.2 Å². The summed E-state index contributed by atoms with van der Waals surface area (Å²) in [6.07, 6.45) is 0.793. The molecule has 1 amide bonds. The highest BCUT2D eigenvalue weighted by Gasteiger charge is 2.32. The second-order valence-electron chi connectivity index (χ2n) is 7.16. The lowest BCUT2D eigenvalue weighted by atomic mass is 10.0. The van der Waals surface area contributed by atoms with Gasteiger partial charge in [-0.1, -0.05) is 12.1 Å². The second kappa shape index (κ2) is 7.84. The van der Waals surface area contributed by atoms with Crippen molar-refractivity contribution >= 4 is 17.0 Å². The number of hydrogen-bond donors (Lipinski definition) is 1. The Morgan fingerprint density at radius 2 is 1.85 bits per heavy atom. The van der Waals surface area contributed by atoms with E-state index in [1.165, 1.54) is 4.57 Å². The highest BCUT2D eigenvalue weighted by atomic mass is 16.5. The SMILES string of the molecule is O=C(Cn1c(=O)oc2ccccc21)N1CC[C@H](O)[C@@H](N2CCOCC2)CC1. The van der Waals surface area contributed by atoms with E-state index < -0.39 is 11.9 Å². The Bertz CT molecular complexity index is 854. The molecule has 1 aromatic heterocycles. The number of morpholine rings is 1. The van der Waals surface area contributed by atoms with Crippen LogP contribution in [0, 0.1) is 0 Å². The highest BCUT2D eigenvalue weighted by Crippen LogP contribution is 2.19. The Balaban J connectivity index is 1.44. The van der Waals surface area contributed by atoms with Crippen molar-refractivity contribution in [3.8, 4) is 0 Å². The molecule has 27 heavy (non-hydrogen) atoms. The molecule has 0 aliphatic carbocycles. The van der Waals surface area contributed by atoms with Crippen molar-refractivity contribution in [3.63, 3.8) is 0 Å². The molecular formula is C19H25N3O5. The number of carbonyl (C=O) groups is 1. The molecule has 8 nitrogen and oxygen atoms in total. The summed E-state index contributed by atoms with van der Waals surface area (Å²) in [7, 11) is 0. The number of fused-ring (bicyclic) bond motifs is 1. The number of ether oxygens (including phenoxy) is 1. The fourth-order valence-electron chi connectivity index (χ4n) is 4.06. The van der Waals surface area contributed by atoms with Crippen molar-refractivity contribution in [1.82, 2.24) is 14.4 Å². The zero-order valence-corrected chi connectivity index (χ0v) is 15.2. The van der Waals surface area contributed by atoms with E-state index in [2.05, 4.69) is 4.90 Å². The van der Waals surface area contributed by atoms with Gasteiger partial charge in [-0.15, -0.1) is 0 Å². The van der Waals surface area contributed by atoms with Gasteiger partial charge in [-0.25, -0.2) is 4.79 Å². The van der Waals surface area contributed by atoms with Crippen molar-refractivity contribution in [2.24, 2.45) is 0 Å². The highest BCUT2D eigenvalue weighted by molar-refractivity contribution is 5.79. The molecule has 2 fully saturated rings. The van der Waals surface area contributed by atoms with E-state index in [1.807, 2.05) is 6.07 Å². The molecule has 0 bridgehead atoms. The minimum Gasteiger partial charge on any atom is -0.408 e. The summed E-state index contributed by atoms with van der Waals surface area (Å²) in [5.74, 6) is -0.649. The second-order valence-corrected chi connectivity index (χ2v) is 7.16. The number of oxazole rings is 1. The number of aromatic nitrogens is 1. The molecule has 2 saturated heterocycles. The number of nitrogens with zero attached hydrogens (tertiary/aromatic N) is 3. The average Bonchev–Trinajstić information content (AvgIpc) is 2.86. The molecule has 0 spiro atoms. The largest absolute Gasteiger partial charge is 0.420 e. The first kappa shape index (κ1) is 18.2. The predicted octanol–water partition coefficient (Wildman–Crippen LogP) is 0.279. The van der Waals surface area contributed by atoms with Crippen LogP contribution in [-0.2, 0) is 16.1 Å². The number of aliphatic hydroxyl groups is 1.